The van der Waals surface area contributed by atoms with Crippen molar-refractivity contribution in [2.75, 3.05) is 0 Å². The van der Waals surface area contributed by atoms with Gasteiger partial charge in [-0.3, -0.25) is 0 Å². The molecule has 21 heavy (non-hydrogen) atoms. The van der Waals surface area contributed by atoms with E-state index < -0.39 is 0 Å². The fourth-order valence-corrected chi connectivity index (χ4v) is 2.62. The average molecular weight is 277 g/mol. The number of aromatic nitrogens is 1. The van der Waals surface area contributed by atoms with Crippen LogP contribution in [-0.2, 0) is 0 Å². The molecule has 0 aliphatic carbocycles. The Hall–Kier alpha value is -2.48. The molecule has 106 valence electrons. The number of benzene rings is 2. The maximum Gasteiger partial charge on any atom is 0.127 e. The molecular weight excluding hydrogens is 258 g/mol. The van der Waals surface area contributed by atoms with E-state index in [-0.39, 0.29) is 0 Å². The topological polar surface area (TPSA) is 25.0 Å². The van der Waals surface area contributed by atoms with Gasteiger partial charge >= 0.3 is 0 Å². The van der Waals surface area contributed by atoms with Crippen LogP contribution in [-0.4, -0.2) is 4.98 Å². The molecule has 1 heterocycles. The Balaban J connectivity index is 1.86. The minimum absolute atomic E-state index is 0.374. The van der Waals surface area contributed by atoms with Crippen LogP contribution >= 0.6 is 0 Å². The predicted molar refractivity (Wildman–Crippen MR) is 85.9 cm³/mol. The third-order valence-electron chi connectivity index (χ3n) is 3.65. The van der Waals surface area contributed by atoms with Crippen molar-refractivity contribution in [3.8, 4) is 11.5 Å². The van der Waals surface area contributed by atoms with Crippen LogP contribution in [0.4, 0.5) is 0 Å². The quantitative estimate of drug-likeness (QED) is 0.668. The van der Waals surface area contributed by atoms with Crippen molar-refractivity contribution < 1.29 is 4.74 Å². The number of hydrogen-bond acceptors (Lipinski definition) is 1. The lowest BCUT2D eigenvalue weighted by Crippen LogP contribution is -2.00. The van der Waals surface area contributed by atoms with Crippen LogP contribution < -0.4 is 4.74 Å². The molecule has 0 saturated heterocycles. The van der Waals surface area contributed by atoms with Crippen LogP contribution in [0.3, 0.4) is 0 Å². The molecule has 0 saturated carbocycles. The van der Waals surface area contributed by atoms with E-state index in [4.69, 9.17) is 4.74 Å². The summed E-state index contributed by atoms with van der Waals surface area (Å²) in [4.78, 5) is 3.31. The number of rotatable bonds is 5. The molecule has 2 nitrogen and oxygen atoms in total. The summed E-state index contributed by atoms with van der Waals surface area (Å²) >= 11 is 0. The lowest BCUT2D eigenvalue weighted by molar-refractivity contribution is 0.481. The van der Waals surface area contributed by atoms with E-state index in [1.54, 1.807) is 0 Å². The number of aromatic amines is 1. The summed E-state index contributed by atoms with van der Waals surface area (Å²) in [5, 5.41) is 0. The largest absolute Gasteiger partial charge is 0.457 e. The van der Waals surface area contributed by atoms with Crippen molar-refractivity contribution in [2.24, 2.45) is 0 Å². The number of H-pyrrole nitrogens is 1. The van der Waals surface area contributed by atoms with Crippen molar-refractivity contribution in [1.82, 2.24) is 4.98 Å². The van der Waals surface area contributed by atoms with E-state index in [1.165, 1.54) is 11.3 Å². The first-order valence-corrected chi connectivity index (χ1v) is 7.33. The molecule has 0 bridgehead atoms. The summed E-state index contributed by atoms with van der Waals surface area (Å²) in [5.41, 5.74) is 2.52. The number of ether oxygens (including phenoxy) is 1. The van der Waals surface area contributed by atoms with Gasteiger partial charge in [-0.25, -0.2) is 0 Å². The first-order valence-electron chi connectivity index (χ1n) is 7.33. The van der Waals surface area contributed by atoms with Crippen molar-refractivity contribution >= 4 is 0 Å². The summed E-state index contributed by atoms with van der Waals surface area (Å²) in [6, 6.07) is 22.4. The zero-order chi connectivity index (χ0) is 14.5. The molecule has 3 aromatic rings. The Bertz CT molecular complexity index is 674. The van der Waals surface area contributed by atoms with Crippen molar-refractivity contribution in [3.63, 3.8) is 0 Å². The average Bonchev–Trinajstić information content (AvgIpc) is 3.04. The highest BCUT2D eigenvalue weighted by atomic mass is 16.5. The second-order valence-electron chi connectivity index (χ2n) is 5.07. The Labute approximate surface area is 125 Å². The van der Waals surface area contributed by atoms with Gasteiger partial charge in [0.2, 0.25) is 0 Å². The molecule has 1 N–H and O–H groups in total. The molecule has 0 spiro atoms. The van der Waals surface area contributed by atoms with Crippen LogP contribution in [0.25, 0.3) is 0 Å². The minimum Gasteiger partial charge on any atom is -0.457 e. The molecule has 0 fully saturated rings. The number of hydrogen-bond donors (Lipinski definition) is 1. The molecule has 1 aromatic heterocycles. The summed E-state index contributed by atoms with van der Waals surface area (Å²) in [6.45, 7) is 2.20. The molecule has 3 rings (SSSR count). The normalized spacial score (nSPS) is 12.0. The molecule has 1 unspecified atom stereocenters. The van der Waals surface area contributed by atoms with Gasteiger partial charge < -0.3 is 9.72 Å². The highest BCUT2D eigenvalue weighted by Gasteiger charge is 2.13. The molecule has 2 heteroatoms. The van der Waals surface area contributed by atoms with Crippen molar-refractivity contribution in [3.05, 3.63) is 84.2 Å². The van der Waals surface area contributed by atoms with Crippen molar-refractivity contribution in [1.29, 1.82) is 0 Å². The Morgan fingerprint density at radius 2 is 1.71 bits per heavy atom. The third kappa shape index (κ3) is 3.16. The van der Waals surface area contributed by atoms with E-state index in [0.29, 0.717) is 5.92 Å². The Morgan fingerprint density at radius 1 is 0.905 bits per heavy atom. The zero-order valence-electron chi connectivity index (χ0n) is 12.1. The molecule has 0 radical (unpaired) electrons. The highest BCUT2D eigenvalue weighted by molar-refractivity contribution is 5.37. The van der Waals surface area contributed by atoms with Crippen LogP contribution in [0.2, 0.25) is 0 Å². The van der Waals surface area contributed by atoms with Crippen molar-refractivity contribution in [2.45, 2.75) is 19.3 Å². The first-order chi connectivity index (χ1) is 10.4. The number of para-hydroxylation sites is 1. The van der Waals surface area contributed by atoms with Gasteiger partial charge in [0, 0.05) is 17.8 Å². The summed E-state index contributed by atoms with van der Waals surface area (Å²) < 4.78 is 5.92. The van der Waals surface area contributed by atoms with Gasteiger partial charge in [-0.2, -0.15) is 0 Å². The maximum absolute atomic E-state index is 5.92. The van der Waals surface area contributed by atoms with Gasteiger partial charge in [-0.1, -0.05) is 37.3 Å². The molecule has 1 atom stereocenters. The minimum atomic E-state index is 0.374. The summed E-state index contributed by atoms with van der Waals surface area (Å²) in [5.74, 6) is 2.12. The fourth-order valence-electron chi connectivity index (χ4n) is 2.62. The third-order valence-corrected chi connectivity index (χ3v) is 3.65. The molecular formula is C19H19NO. The van der Waals surface area contributed by atoms with E-state index in [9.17, 15) is 0 Å². The van der Waals surface area contributed by atoms with E-state index >= 15 is 0 Å². The fraction of sp³-hybridized carbons (Fsp3) is 0.158. The van der Waals surface area contributed by atoms with E-state index in [2.05, 4.69) is 36.2 Å². The Morgan fingerprint density at radius 3 is 2.43 bits per heavy atom. The maximum atomic E-state index is 5.92. The van der Waals surface area contributed by atoms with Gasteiger partial charge in [-0.05, 0) is 48.4 Å². The summed E-state index contributed by atoms with van der Waals surface area (Å²) in [6.07, 6.45) is 3.03. The van der Waals surface area contributed by atoms with Crippen LogP contribution in [0.1, 0.15) is 30.5 Å². The van der Waals surface area contributed by atoms with E-state index in [1.807, 2.05) is 48.7 Å². The van der Waals surface area contributed by atoms with Crippen LogP contribution in [0.5, 0.6) is 11.5 Å². The van der Waals surface area contributed by atoms with Gasteiger partial charge in [-0.15, -0.1) is 0 Å². The number of nitrogens with one attached hydrogen (secondary N) is 1. The second kappa shape index (κ2) is 6.31. The molecule has 2 aromatic carbocycles. The second-order valence-corrected chi connectivity index (χ2v) is 5.07. The lowest BCUT2D eigenvalue weighted by Gasteiger charge is -2.15. The van der Waals surface area contributed by atoms with Crippen LogP contribution in [0, 0.1) is 0 Å². The monoisotopic (exact) mass is 277 g/mol. The summed E-state index contributed by atoms with van der Waals surface area (Å²) in [7, 11) is 0. The highest BCUT2D eigenvalue weighted by Crippen LogP contribution is 2.30. The van der Waals surface area contributed by atoms with Gasteiger partial charge in [0.1, 0.15) is 11.5 Å². The smallest absolute Gasteiger partial charge is 0.127 e. The van der Waals surface area contributed by atoms with Gasteiger partial charge in [0.15, 0.2) is 0 Å². The van der Waals surface area contributed by atoms with E-state index in [0.717, 1.165) is 17.9 Å². The zero-order valence-corrected chi connectivity index (χ0v) is 12.1. The Kier molecular flexibility index (Phi) is 4.06. The standard InChI is InChI=1S/C19H19NO/c1-2-18(19-12-7-13-20-19)15-8-6-11-17(14-15)21-16-9-4-3-5-10-16/h3-14,18,20H,2H2,1H3. The van der Waals surface area contributed by atoms with Gasteiger partial charge in [0.25, 0.3) is 0 Å². The van der Waals surface area contributed by atoms with Crippen LogP contribution in [0.15, 0.2) is 72.9 Å². The SMILES string of the molecule is CCC(c1cccc(Oc2ccccc2)c1)c1ccc[nH]1. The van der Waals surface area contributed by atoms with Gasteiger partial charge in [0.05, 0.1) is 0 Å². The molecule has 0 amide bonds. The predicted octanol–water partition coefficient (Wildman–Crippen LogP) is 5.35. The molecule has 0 aliphatic rings. The molecule has 0 aliphatic heterocycles. The first kappa shape index (κ1) is 13.5. The lowest BCUT2D eigenvalue weighted by atomic mass is 9.93.